The molecule has 15 heavy (non-hydrogen) atoms. The van der Waals surface area contributed by atoms with Crippen molar-refractivity contribution in [3.8, 4) is 5.88 Å². The van der Waals surface area contributed by atoms with Crippen LogP contribution in [-0.4, -0.2) is 32.7 Å². The van der Waals surface area contributed by atoms with Crippen LogP contribution in [0.25, 0.3) is 0 Å². The summed E-state index contributed by atoms with van der Waals surface area (Å²) in [7, 11) is -2.17. The molecule has 0 aliphatic rings. The van der Waals surface area contributed by atoms with Crippen molar-refractivity contribution < 1.29 is 17.9 Å². The van der Waals surface area contributed by atoms with Gasteiger partial charge in [0, 0.05) is 6.07 Å². The third-order valence-corrected chi connectivity index (χ3v) is 2.00. The highest BCUT2D eigenvalue weighted by Crippen LogP contribution is 2.06. The number of nitrogens with one attached hydrogen (secondary N) is 1. The summed E-state index contributed by atoms with van der Waals surface area (Å²) in [5.74, 6) is -0.535. The zero-order valence-electron chi connectivity index (χ0n) is 8.22. The van der Waals surface area contributed by atoms with Crippen molar-refractivity contribution in [1.82, 2.24) is 9.71 Å². The molecule has 7 heteroatoms. The Morgan fingerprint density at radius 1 is 1.47 bits per heavy atom. The lowest BCUT2D eigenvalue weighted by molar-refractivity contribution is 0.0976. The summed E-state index contributed by atoms with van der Waals surface area (Å²) in [6.45, 7) is 0. The first-order valence-electron chi connectivity index (χ1n) is 3.95. The second-order valence-electron chi connectivity index (χ2n) is 2.77. The highest BCUT2D eigenvalue weighted by atomic mass is 32.2. The molecule has 1 N–H and O–H groups in total. The van der Waals surface area contributed by atoms with Crippen molar-refractivity contribution in [3.63, 3.8) is 0 Å². The first-order valence-corrected chi connectivity index (χ1v) is 5.84. The number of sulfonamides is 1. The van der Waals surface area contributed by atoms with E-state index in [1.165, 1.54) is 13.2 Å². The minimum Gasteiger partial charge on any atom is -0.481 e. The highest BCUT2D eigenvalue weighted by Gasteiger charge is 2.12. The number of ether oxygens (including phenoxy) is 1. The number of hydrogen-bond donors (Lipinski definition) is 1. The molecule has 0 unspecified atom stereocenters. The molecule has 0 spiro atoms. The molecule has 0 aliphatic heterocycles. The van der Waals surface area contributed by atoms with Gasteiger partial charge in [-0.2, -0.15) is 0 Å². The monoisotopic (exact) mass is 230 g/mol. The summed E-state index contributed by atoms with van der Waals surface area (Å²) < 4.78 is 28.2. The number of methoxy groups -OCH3 is 1. The lowest BCUT2D eigenvalue weighted by Crippen LogP contribution is -2.29. The molecule has 0 radical (unpaired) electrons. The second-order valence-corrected chi connectivity index (χ2v) is 4.52. The van der Waals surface area contributed by atoms with Gasteiger partial charge in [-0.1, -0.05) is 6.07 Å². The molecule has 0 aromatic carbocycles. The van der Waals surface area contributed by atoms with E-state index in [9.17, 15) is 13.2 Å². The fraction of sp³-hybridized carbons (Fsp3) is 0.250. The lowest BCUT2D eigenvalue weighted by Gasteiger charge is -2.03. The topological polar surface area (TPSA) is 85.4 Å². The molecule has 6 nitrogen and oxygen atoms in total. The molecule has 0 aliphatic carbocycles. The average molecular weight is 230 g/mol. The molecular formula is C8H10N2O4S. The van der Waals surface area contributed by atoms with Crippen LogP contribution in [-0.2, 0) is 10.0 Å². The van der Waals surface area contributed by atoms with Crippen molar-refractivity contribution >= 4 is 15.9 Å². The number of carbonyl (C=O) groups is 1. The SMILES string of the molecule is COc1cccc(C(=O)NS(C)(=O)=O)n1. The van der Waals surface area contributed by atoms with Crippen molar-refractivity contribution in [2.75, 3.05) is 13.4 Å². The molecule has 0 saturated carbocycles. The molecule has 1 rings (SSSR count). The van der Waals surface area contributed by atoms with E-state index in [1.807, 2.05) is 0 Å². The zero-order chi connectivity index (χ0) is 11.5. The predicted molar refractivity (Wildman–Crippen MR) is 53.1 cm³/mol. The molecule has 1 aromatic heterocycles. The van der Waals surface area contributed by atoms with Crippen molar-refractivity contribution in [3.05, 3.63) is 23.9 Å². The van der Waals surface area contributed by atoms with Crippen LogP contribution in [0.5, 0.6) is 5.88 Å². The second kappa shape index (κ2) is 4.26. The Hall–Kier alpha value is -1.63. The standard InChI is InChI=1S/C8H10N2O4S/c1-14-7-5-3-4-6(9-7)8(11)10-15(2,12)13/h3-5H,1-2H3,(H,10,11). The third kappa shape index (κ3) is 3.55. The third-order valence-electron chi connectivity index (χ3n) is 1.44. The van der Waals surface area contributed by atoms with Crippen LogP contribution in [0.15, 0.2) is 18.2 Å². The van der Waals surface area contributed by atoms with Crippen molar-refractivity contribution in [2.24, 2.45) is 0 Å². The van der Waals surface area contributed by atoms with Crippen LogP contribution in [0, 0.1) is 0 Å². The maximum atomic E-state index is 11.3. The zero-order valence-corrected chi connectivity index (χ0v) is 9.04. The van der Waals surface area contributed by atoms with Gasteiger partial charge in [-0.15, -0.1) is 0 Å². The van der Waals surface area contributed by atoms with Gasteiger partial charge in [0.1, 0.15) is 5.69 Å². The summed E-state index contributed by atoms with van der Waals surface area (Å²) in [5, 5.41) is 0. The molecular weight excluding hydrogens is 220 g/mol. The number of hydrogen-bond acceptors (Lipinski definition) is 5. The van der Waals surface area contributed by atoms with Gasteiger partial charge < -0.3 is 4.74 Å². The number of rotatable bonds is 3. The van der Waals surface area contributed by atoms with Gasteiger partial charge >= 0.3 is 0 Å². The van der Waals surface area contributed by atoms with Crippen LogP contribution >= 0.6 is 0 Å². The predicted octanol–water partition coefficient (Wildman–Crippen LogP) is -0.220. The van der Waals surface area contributed by atoms with E-state index in [0.29, 0.717) is 0 Å². The Kier molecular flexibility index (Phi) is 3.25. The van der Waals surface area contributed by atoms with E-state index in [0.717, 1.165) is 6.26 Å². The van der Waals surface area contributed by atoms with Gasteiger partial charge in [-0.25, -0.2) is 18.1 Å². The number of nitrogens with zero attached hydrogens (tertiary/aromatic N) is 1. The van der Waals surface area contributed by atoms with Crippen LogP contribution in [0.2, 0.25) is 0 Å². The smallest absolute Gasteiger partial charge is 0.283 e. The number of carbonyl (C=O) groups excluding carboxylic acids is 1. The van der Waals surface area contributed by atoms with Gasteiger partial charge in [0.05, 0.1) is 13.4 Å². The van der Waals surface area contributed by atoms with Crippen LogP contribution in [0.1, 0.15) is 10.5 Å². The van der Waals surface area contributed by atoms with Crippen molar-refractivity contribution in [1.29, 1.82) is 0 Å². The van der Waals surface area contributed by atoms with Crippen molar-refractivity contribution in [2.45, 2.75) is 0 Å². The van der Waals surface area contributed by atoms with E-state index < -0.39 is 15.9 Å². The molecule has 0 bridgehead atoms. The number of aromatic nitrogens is 1. The summed E-state index contributed by atoms with van der Waals surface area (Å²) in [4.78, 5) is 15.1. The largest absolute Gasteiger partial charge is 0.481 e. The molecule has 1 aromatic rings. The van der Waals surface area contributed by atoms with Gasteiger partial charge in [-0.3, -0.25) is 4.79 Å². The summed E-state index contributed by atoms with van der Waals surface area (Å²) in [5.41, 5.74) is -0.0141. The van der Waals surface area contributed by atoms with E-state index in [-0.39, 0.29) is 11.6 Å². The van der Waals surface area contributed by atoms with Gasteiger partial charge in [0.25, 0.3) is 5.91 Å². The van der Waals surface area contributed by atoms with Gasteiger partial charge in [-0.05, 0) is 6.07 Å². The highest BCUT2D eigenvalue weighted by molar-refractivity contribution is 7.89. The van der Waals surface area contributed by atoms with E-state index >= 15 is 0 Å². The quantitative estimate of drug-likeness (QED) is 0.775. The van der Waals surface area contributed by atoms with Gasteiger partial charge in [0.15, 0.2) is 0 Å². The molecule has 0 fully saturated rings. The fourth-order valence-corrected chi connectivity index (χ4v) is 1.32. The molecule has 1 amide bonds. The Labute approximate surface area is 87.3 Å². The molecule has 0 atom stereocenters. The maximum absolute atomic E-state index is 11.3. The maximum Gasteiger partial charge on any atom is 0.283 e. The van der Waals surface area contributed by atoms with Crippen LogP contribution < -0.4 is 9.46 Å². The molecule has 82 valence electrons. The molecule has 1 heterocycles. The Balaban J connectivity index is 2.92. The Morgan fingerprint density at radius 2 is 2.13 bits per heavy atom. The van der Waals surface area contributed by atoms with Crippen LogP contribution in [0.3, 0.4) is 0 Å². The van der Waals surface area contributed by atoms with E-state index in [4.69, 9.17) is 4.74 Å². The average Bonchev–Trinajstić information content (AvgIpc) is 2.15. The fourth-order valence-electron chi connectivity index (χ4n) is 0.876. The van der Waals surface area contributed by atoms with Crippen LogP contribution in [0.4, 0.5) is 0 Å². The number of pyridine rings is 1. The van der Waals surface area contributed by atoms with E-state index in [1.54, 1.807) is 16.9 Å². The summed E-state index contributed by atoms with van der Waals surface area (Å²) in [6, 6.07) is 4.49. The lowest BCUT2D eigenvalue weighted by atomic mass is 10.3. The first kappa shape index (κ1) is 11.4. The summed E-state index contributed by atoms with van der Waals surface area (Å²) >= 11 is 0. The molecule has 0 saturated heterocycles. The van der Waals surface area contributed by atoms with Gasteiger partial charge in [0.2, 0.25) is 15.9 Å². The minimum atomic E-state index is -3.57. The summed E-state index contributed by atoms with van der Waals surface area (Å²) in [6.07, 6.45) is 0.894. The van der Waals surface area contributed by atoms with E-state index in [2.05, 4.69) is 4.98 Å². The minimum absolute atomic E-state index is 0.0141. The Morgan fingerprint density at radius 3 is 2.67 bits per heavy atom. The Bertz CT molecular complexity index is 469. The normalized spacial score (nSPS) is 10.8. The number of amides is 1. The first-order chi connectivity index (χ1) is 6.92.